The van der Waals surface area contributed by atoms with Crippen molar-refractivity contribution in [1.29, 1.82) is 0 Å². The van der Waals surface area contributed by atoms with E-state index in [1.54, 1.807) is 17.4 Å². The van der Waals surface area contributed by atoms with Gasteiger partial charge >= 0.3 is 0 Å². The van der Waals surface area contributed by atoms with Gasteiger partial charge in [-0.2, -0.15) is 0 Å². The number of hydrogen-bond donors (Lipinski definition) is 2. The maximum absolute atomic E-state index is 12.0. The molecule has 26 heavy (non-hydrogen) atoms. The number of carbonyl (C=O) groups is 2. The van der Waals surface area contributed by atoms with E-state index in [4.69, 9.17) is 0 Å². The summed E-state index contributed by atoms with van der Waals surface area (Å²) in [5.74, 6) is -0.360. The van der Waals surface area contributed by atoms with E-state index in [0.29, 0.717) is 10.7 Å². The molecule has 5 nitrogen and oxygen atoms in total. The molecule has 0 saturated carbocycles. The van der Waals surface area contributed by atoms with E-state index in [0.717, 1.165) is 20.6 Å². The summed E-state index contributed by atoms with van der Waals surface area (Å²) in [5.41, 5.74) is 2.45. The zero-order chi connectivity index (χ0) is 18.5. The van der Waals surface area contributed by atoms with Crippen molar-refractivity contribution in [2.24, 2.45) is 0 Å². The van der Waals surface area contributed by atoms with Crippen molar-refractivity contribution >= 4 is 55.5 Å². The van der Waals surface area contributed by atoms with Crippen molar-refractivity contribution < 1.29 is 9.59 Å². The van der Waals surface area contributed by atoms with E-state index >= 15 is 0 Å². The van der Waals surface area contributed by atoms with Crippen LogP contribution in [0.4, 0.5) is 5.13 Å². The molecule has 1 aromatic carbocycles. The average molecular weight is 450 g/mol. The average Bonchev–Trinajstić information content (AvgIpc) is 3.23. The van der Waals surface area contributed by atoms with E-state index in [9.17, 15) is 9.59 Å². The Bertz CT molecular complexity index is 936. The first-order chi connectivity index (χ1) is 12.5. The van der Waals surface area contributed by atoms with Crippen LogP contribution in [0.25, 0.3) is 10.6 Å². The van der Waals surface area contributed by atoms with Gasteiger partial charge in [-0.25, -0.2) is 4.98 Å². The number of nitrogens with one attached hydrogen (secondary N) is 2. The minimum Gasteiger partial charge on any atom is -0.352 e. The number of carbonyl (C=O) groups excluding carboxylic acids is 2. The molecule has 0 aliphatic rings. The van der Waals surface area contributed by atoms with Crippen molar-refractivity contribution in [3.05, 3.63) is 56.7 Å². The smallest absolute Gasteiger partial charge is 0.251 e. The Balaban J connectivity index is 1.48. The van der Waals surface area contributed by atoms with Gasteiger partial charge in [0.2, 0.25) is 5.91 Å². The lowest BCUT2D eigenvalue weighted by molar-refractivity contribution is -0.116. The van der Waals surface area contributed by atoms with Gasteiger partial charge in [0.1, 0.15) is 0 Å². The SMILES string of the molecule is Cc1cccc(C(=O)NCCC(=O)Nc2nc(-c3sccc3Br)cs2)c1. The topological polar surface area (TPSA) is 71.1 Å². The van der Waals surface area contributed by atoms with Crippen LogP contribution in [0, 0.1) is 6.92 Å². The predicted molar refractivity (Wildman–Crippen MR) is 110 cm³/mol. The van der Waals surface area contributed by atoms with Gasteiger partial charge < -0.3 is 10.6 Å². The summed E-state index contributed by atoms with van der Waals surface area (Å²) in [6.45, 7) is 2.20. The Morgan fingerprint density at radius 1 is 1.23 bits per heavy atom. The van der Waals surface area contributed by atoms with Gasteiger partial charge in [0.05, 0.1) is 10.6 Å². The first-order valence-electron chi connectivity index (χ1n) is 7.86. The molecule has 0 atom stereocenters. The zero-order valence-electron chi connectivity index (χ0n) is 13.9. The zero-order valence-corrected chi connectivity index (χ0v) is 17.1. The first-order valence-corrected chi connectivity index (χ1v) is 10.4. The molecule has 2 aromatic heterocycles. The number of anilines is 1. The highest BCUT2D eigenvalue weighted by Gasteiger charge is 2.12. The van der Waals surface area contributed by atoms with Crippen molar-refractivity contribution in [3.8, 4) is 10.6 Å². The predicted octanol–water partition coefficient (Wildman–Crippen LogP) is 4.70. The van der Waals surface area contributed by atoms with Crippen LogP contribution < -0.4 is 10.6 Å². The van der Waals surface area contributed by atoms with Gasteiger partial charge in [0.15, 0.2) is 5.13 Å². The Morgan fingerprint density at radius 2 is 2.08 bits per heavy atom. The first kappa shape index (κ1) is 18.8. The van der Waals surface area contributed by atoms with Crippen molar-refractivity contribution in [2.75, 3.05) is 11.9 Å². The molecule has 0 fully saturated rings. The number of amides is 2. The Labute approximate surface area is 167 Å². The molecular weight excluding hydrogens is 434 g/mol. The van der Waals surface area contributed by atoms with Gasteiger partial charge in [-0.05, 0) is 46.4 Å². The van der Waals surface area contributed by atoms with E-state index in [1.807, 2.05) is 41.9 Å². The van der Waals surface area contributed by atoms with Crippen LogP contribution >= 0.6 is 38.6 Å². The quantitative estimate of drug-likeness (QED) is 0.572. The van der Waals surface area contributed by atoms with Gasteiger partial charge in [0.25, 0.3) is 5.91 Å². The van der Waals surface area contributed by atoms with Gasteiger partial charge in [-0.1, -0.05) is 17.7 Å². The van der Waals surface area contributed by atoms with Crippen LogP contribution in [0.3, 0.4) is 0 Å². The lowest BCUT2D eigenvalue weighted by atomic mass is 10.1. The standard InChI is InChI=1S/C18H16BrN3O2S2/c1-11-3-2-4-12(9-11)17(24)20-7-5-15(23)22-18-21-14(10-26-18)16-13(19)6-8-25-16/h2-4,6,8-10H,5,7H2,1H3,(H,20,24)(H,21,22,23). The molecule has 0 aliphatic heterocycles. The molecule has 0 unspecified atom stereocenters. The molecule has 0 saturated heterocycles. The fourth-order valence-electron chi connectivity index (χ4n) is 2.27. The van der Waals surface area contributed by atoms with Crippen molar-refractivity contribution in [2.45, 2.75) is 13.3 Å². The van der Waals surface area contributed by atoms with Crippen molar-refractivity contribution in [3.63, 3.8) is 0 Å². The second-order valence-corrected chi connectivity index (χ2v) is 8.19. The van der Waals surface area contributed by atoms with Crippen LogP contribution in [0.2, 0.25) is 0 Å². The van der Waals surface area contributed by atoms with E-state index in [1.165, 1.54) is 11.3 Å². The molecule has 0 aliphatic carbocycles. The van der Waals surface area contributed by atoms with Gasteiger partial charge in [-0.3, -0.25) is 9.59 Å². The van der Waals surface area contributed by atoms with Crippen LogP contribution in [-0.4, -0.2) is 23.3 Å². The number of aromatic nitrogens is 1. The molecule has 2 N–H and O–H groups in total. The lowest BCUT2D eigenvalue weighted by Gasteiger charge is -2.06. The second kappa shape index (κ2) is 8.57. The third-order valence-corrected chi connectivity index (χ3v) is 6.14. The highest BCUT2D eigenvalue weighted by Crippen LogP contribution is 2.35. The molecule has 0 bridgehead atoms. The molecule has 3 rings (SSSR count). The molecule has 2 heterocycles. The maximum atomic E-state index is 12.0. The molecule has 3 aromatic rings. The number of aryl methyl sites for hydroxylation is 1. The number of nitrogens with zero attached hydrogens (tertiary/aromatic N) is 1. The van der Waals surface area contributed by atoms with Crippen LogP contribution in [0.15, 0.2) is 45.6 Å². The summed E-state index contributed by atoms with van der Waals surface area (Å²) >= 11 is 6.45. The Morgan fingerprint density at radius 3 is 2.81 bits per heavy atom. The third kappa shape index (κ3) is 4.78. The summed E-state index contributed by atoms with van der Waals surface area (Å²) in [4.78, 5) is 29.6. The van der Waals surface area contributed by atoms with Crippen LogP contribution in [0.1, 0.15) is 22.3 Å². The lowest BCUT2D eigenvalue weighted by Crippen LogP contribution is -2.27. The van der Waals surface area contributed by atoms with E-state index in [-0.39, 0.29) is 24.8 Å². The molecule has 134 valence electrons. The molecule has 0 radical (unpaired) electrons. The number of thiophene rings is 1. The molecule has 0 spiro atoms. The minimum atomic E-state index is -0.180. The third-order valence-electron chi connectivity index (χ3n) is 3.52. The molecule has 8 heteroatoms. The number of halogens is 1. The van der Waals surface area contributed by atoms with E-state index < -0.39 is 0 Å². The molecule has 2 amide bonds. The van der Waals surface area contributed by atoms with Crippen LogP contribution in [-0.2, 0) is 4.79 Å². The fourth-order valence-corrected chi connectivity index (χ4v) is 4.60. The highest BCUT2D eigenvalue weighted by molar-refractivity contribution is 9.10. The van der Waals surface area contributed by atoms with Gasteiger partial charge in [-0.15, -0.1) is 22.7 Å². The van der Waals surface area contributed by atoms with Gasteiger partial charge in [0, 0.05) is 28.4 Å². The summed E-state index contributed by atoms with van der Waals surface area (Å²) in [7, 11) is 0. The Hall–Kier alpha value is -2.03. The monoisotopic (exact) mass is 449 g/mol. The van der Waals surface area contributed by atoms with E-state index in [2.05, 4.69) is 31.5 Å². The van der Waals surface area contributed by atoms with Crippen LogP contribution in [0.5, 0.6) is 0 Å². The number of hydrogen-bond acceptors (Lipinski definition) is 5. The second-order valence-electron chi connectivity index (χ2n) is 5.56. The highest BCUT2D eigenvalue weighted by atomic mass is 79.9. The number of rotatable bonds is 6. The number of thiazole rings is 1. The normalized spacial score (nSPS) is 10.5. The largest absolute Gasteiger partial charge is 0.352 e. The summed E-state index contributed by atoms with van der Waals surface area (Å²) in [5, 5.41) is 9.97. The van der Waals surface area contributed by atoms with Crippen molar-refractivity contribution in [1.82, 2.24) is 10.3 Å². The maximum Gasteiger partial charge on any atom is 0.251 e. The fraction of sp³-hybridized carbons (Fsp3) is 0.167. The number of benzene rings is 1. The Kier molecular flexibility index (Phi) is 6.18. The molecular formula is C18H16BrN3O2S2. The minimum absolute atomic E-state index is 0.180. The summed E-state index contributed by atoms with van der Waals surface area (Å²) in [6, 6.07) is 9.30. The summed E-state index contributed by atoms with van der Waals surface area (Å²) < 4.78 is 0.990. The summed E-state index contributed by atoms with van der Waals surface area (Å²) in [6.07, 6.45) is 0.190.